The van der Waals surface area contributed by atoms with Crippen LogP contribution in [0.4, 0.5) is 0 Å². The minimum atomic E-state index is 0.189. The van der Waals surface area contributed by atoms with Crippen molar-refractivity contribution in [3.05, 3.63) is 18.2 Å². The molecule has 0 bridgehead atoms. The van der Waals surface area contributed by atoms with Gasteiger partial charge in [0, 0.05) is 39.5 Å². The van der Waals surface area contributed by atoms with Crippen LogP contribution >= 0.6 is 0 Å². The van der Waals surface area contributed by atoms with Crippen LogP contribution in [0.1, 0.15) is 18.5 Å². The molecule has 0 aromatic carbocycles. The van der Waals surface area contributed by atoms with Crippen molar-refractivity contribution < 1.29 is 9.53 Å². The molecule has 1 aliphatic heterocycles. The van der Waals surface area contributed by atoms with E-state index in [1.54, 1.807) is 19.6 Å². The first-order valence-electron chi connectivity index (χ1n) is 6.77. The maximum atomic E-state index is 12.1. The lowest BCUT2D eigenvalue weighted by molar-refractivity contribution is -0.130. The molecule has 1 N–H and O–H groups in total. The molecule has 6 nitrogen and oxygen atoms in total. The average Bonchev–Trinajstić information content (AvgIpc) is 3.06. The van der Waals surface area contributed by atoms with Gasteiger partial charge >= 0.3 is 0 Å². The van der Waals surface area contributed by atoms with Crippen molar-refractivity contribution >= 4 is 5.91 Å². The Bertz CT molecular complexity index is 399. The maximum absolute atomic E-state index is 12.1. The number of ether oxygens (including phenoxy) is 1. The zero-order valence-corrected chi connectivity index (χ0v) is 11.5. The van der Waals surface area contributed by atoms with Gasteiger partial charge in [0.1, 0.15) is 6.54 Å². The van der Waals surface area contributed by atoms with Gasteiger partial charge in [-0.25, -0.2) is 4.98 Å². The molecule has 1 saturated heterocycles. The highest BCUT2D eigenvalue weighted by Crippen LogP contribution is 2.09. The Balaban J connectivity index is 1.82. The highest BCUT2D eigenvalue weighted by Gasteiger charge is 2.18. The minimum Gasteiger partial charge on any atom is -0.383 e. The van der Waals surface area contributed by atoms with Crippen LogP contribution in [0, 0.1) is 0 Å². The summed E-state index contributed by atoms with van der Waals surface area (Å²) in [5.74, 6) is 0.189. The Morgan fingerprint density at radius 3 is 3.00 bits per heavy atom. The molecule has 2 rings (SSSR count). The molecule has 1 aliphatic rings. The lowest BCUT2D eigenvalue weighted by Crippen LogP contribution is -2.31. The van der Waals surface area contributed by atoms with Crippen molar-refractivity contribution in [2.45, 2.75) is 25.9 Å². The molecule has 1 amide bonds. The second-order valence-corrected chi connectivity index (χ2v) is 4.77. The molecule has 106 valence electrons. The number of carbonyl (C=O) groups is 1. The number of nitrogens with zero attached hydrogens (tertiary/aromatic N) is 3. The SMILES string of the molecule is COCCNCc1cncn1CC(=O)N1CCCC1. The van der Waals surface area contributed by atoms with E-state index in [4.69, 9.17) is 4.74 Å². The van der Waals surface area contributed by atoms with Crippen LogP contribution < -0.4 is 5.32 Å². The molecular formula is C13H22N4O2. The monoisotopic (exact) mass is 266 g/mol. The minimum absolute atomic E-state index is 0.189. The topological polar surface area (TPSA) is 59.4 Å². The van der Waals surface area contributed by atoms with Crippen molar-refractivity contribution in [2.24, 2.45) is 0 Å². The molecule has 0 unspecified atom stereocenters. The number of likely N-dealkylation sites (tertiary alicyclic amines) is 1. The van der Waals surface area contributed by atoms with Gasteiger partial charge in [-0.15, -0.1) is 0 Å². The van der Waals surface area contributed by atoms with Crippen LogP contribution in [0.5, 0.6) is 0 Å². The lowest BCUT2D eigenvalue weighted by Gasteiger charge is -2.16. The number of rotatable bonds is 7. The summed E-state index contributed by atoms with van der Waals surface area (Å²) < 4.78 is 6.89. The fourth-order valence-corrected chi connectivity index (χ4v) is 2.24. The van der Waals surface area contributed by atoms with Crippen molar-refractivity contribution in [1.82, 2.24) is 19.8 Å². The van der Waals surface area contributed by atoms with Crippen molar-refractivity contribution in [2.75, 3.05) is 33.4 Å². The van der Waals surface area contributed by atoms with Gasteiger partial charge < -0.3 is 19.5 Å². The molecule has 0 spiro atoms. The summed E-state index contributed by atoms with van der Waals surface area (Å²) in [5, 5.41) is 3.26. The van der Waals surface area contributed by atoms with Crippen LogP contribution in [-0.4, -0.2) is 53.7 Å². The Kier molecular flexibility index (Phi) is 5.35. The van der Waals surface area contributed by atoms with Crippen LogP contribution in [0.15, 0.2) is 12.5 Å². The summed E-state index contributed by atoms with van der Waals surface area (Å²) in [6.45, 7) is 4.37. The fourth-order valence-electron chi connectivity index (χ4n) is 2.24. The summed E-state index contributed by atoms with van der Waals surface area (Å²) in [5.41, 5.74) is 1.03. The van der Waals surface area contributed by atoms with E-state index in [1.807, 2.05) is 9.47 Å². The van der Waals surface area contributed by atoms with Gasteiger partial charge in [-0.1, -0.05) is 0 Å². The first-order valence-corrected chi connectivity index (χ1v) is 6.77. The second kappa shape index (κ2) is 7.25. The predicted octanol–water partition coefficient (Wildman–Crippen LogP) is 0.242. The average molecular weight is 266 g/mol. The van der Waals surface area contributed by atoms with E-state index in [-0.39, 0.29) is 5.91 Å². The van der Waals surface area contributed by atoms with Gasteiger partial charge in [-0.3, -0.25) is 4.79 Å². The second-order valence-electron chi connectivity index (χ2n) is 4.77. The third kappa shape index (κ3) is 4.04. The van der Waals surface area contributed by atoms with Gasteiger partial charge in [0.25, 0.3) is 0 Å². The smallest absolute Gasteiger partial charge is 0.242 e. The van der Waals surface area contributed by atoms with Crippen molar-refractivity contribution in [1.29, 1.82) is 0 Å². The third-order valence-electron chi connectivity index (χ3n) is 3.35. The molecule has 19 heavy (non-hydrogen) atoms. The van der Waals surface area contributed by atoms with E-state index >= 15 is 0 Å². The summed E-state index contributed by atoms with van der Waals surface area (Å²) in [7, 11) is 1.68. The number of carbonyl (C=O) groups excluding carboxylic acids is 1. The summed E-state index contributed by atoms with van der Waals surface area (Å²) in [4.78, 5) is 18.1. The lowest BCUT2D eigenvalue weighted by atomic mass is 10.4. The molecule has 0 saturated carbocycles. The number of hydrogen-bond acceptors (Lipinski definition) is 4. The number of hydrogen-bond donors (Lipinski definition) is 1. The highest BCUT2D eigenvalue weighted by atomic mass is 16.5. The Morgan fingerprint density at radius 1 is 1.47 bits per heavy atom. The van der Waals surface area contributed by atoms with Crippen LogP contribution in [-0.2, 0) is 22.6 Å². The Labute approximate surface area is 113 Å². The summed E-state index contributed by atoms with van der Waals surface area (Å²) in [6, 6.07) is 0. The largest absolute Gasteiger partial charge is 0.383 e. The molecule has 0 radical (unpaired) electrons. The molecule has 1 fully saturated rings. The van der Waals surface area contributed by atoms with E-state index in [0.29, 0.717) is 19.7 Å². The Morgan fingerprint density at radius 2 is 2.26 bits per heavy atom. The van der Waals surface area contributed by atoms with Gasteiger partial charge in [-0.05, 0) is 12.8 Å². The van der Waals surface area contributed by atoms with Crippen molar-refractivity contribution in [3.8, 4) is 0 Å². The highest BCUT2D eigenvalue weighted by molar-refractivity contribution is 5.76. The Hall–Kier alpha value is -1.40. The molecule has 1 aromatic heterocycles. The first-order chi connectivity index (χ1) is 9.31. The zero-order chi connectivity index (χ0) is 13.5. The molecule has 2 heterocycles. The third-order valence-corrected chi connectivity index (χ3v) is 3.35. The number of imidazole rings is 1. The number of nitrogens with one attached hydrogen (secondary N) is 1. The predicted molar refractivity (Wildman–Crippen MR) is 71.6 cm³/mol. The summed E-state index contributed by atoms with van der Waals surface area (Å²) in [6.07, 6.45) is 5.78. The normalized spacial score (nSPS) is 15.1. The quantitative estimate of drug-likeness (QED) is 0.718. The molecule has 6 heteroatoms. The molecule has 0 atom stereocenters. The van der Waals surface area contributed by atoms with Gasteiger partial charge in [-0.2, -0.15) is 0 Å². The van der Waals surface area contributed by atoms with Crippen molar-refractivity contribution in [3.63, 3.8) is 0 Å². The van der Waals surface area contributed by atoms with Crippen LogP contribution in [0.3, 0.4) is 0 Å². The van der Waals surface area contributed by atoms with E-state index in [1.165, 1.54) is 0 Å². The van der Waals surface area contributed by atoms with Crippen LogP contribution in [0.2, 0.25) is 0 Å². The standard InChI is InChI=1S/C13H22N4O2/c1-19-7-4-14-8-12-9-15-11-17(12)10-13(18)16-5-2-3-6-16/h9,11,14H,2-8,10H2,1H3. The van der Waals surface area contributed by atoms with E-state index in [2.05, 4.69) is 10.3 Å². The maximum Gasteiger partial charge on any atom is 0.242 e. The molecular weight excluding hydrogens is 244 g/mol. The number of amides is 1. The zero-order valence-electron chi connectivity index (χ0n) is 11.5. The van der Waals surface area contributed by atoms with E-state index in [0.717, 1.165) is 38.2 Å². The molecule has 1 aromatic rings. The summed E-state index contributed by atoms with van der Waals surface area (Å²) >= 11 is 0. The van der Waals surface area contributed by atoms with Crippen LogP contribution in [0.25, 0.3) is 0 Å². The first kappa shape index (κ1) is 14.0. The van der Waals surface area contributed by atoms with Gasteiger partial charge in [0.15, 0.2) is 0 Å². The van der Waals surface area contributed by atoms with Gasteiger partial charge in [0.05, 0.1) is 18.6 Å². The van der Waals surface area contributed by atoms with E-state index in [9.17, 15) is 4.79 Å². The van der Waals surface area contributed by atoms with E-state index < -0.39 is 0 Å². The fraction of sp³-hybridized carbons (Fsp3) is 0.692. The number of aromatic nitrogens is 2. The molecule has 0 aliphatic carbocycles. The van der Waals surface area contributed by atoms with Gasteiger partial charge in [0.2, 0.25) is 5.91 Å². The number of methoxy groups -OCH3 is 1.